The van der Waals surface area contributed by atoms with Crippen LogP contribution in [0, 0.1) is 11.3 Å². The molecule has 0 aliphatic carbocycles. The quantitative estimate of drug-likeness (QED) is 0.788. The van der Waals surface area contributed by atoms with Crippen LogP contribution in [0.2, 0.25) is 0 Å². The van der Waals surface area contributed by atoms with E-state index in [1.165, 1.54) is 0 Å². The minimum absolute atomic E-state index is 0.198. The Morgan fingerprint density at radius 3 is 2.88 bits per heavy atom. The summed E-state index contributed by atoms with van der Waals surface area (Å²) >= 11 is 0. The van der Waals surface area contributed by atoms with E-state index in [-0.39, 0.29) is 6.10 Å². The van der Waals surface area contributed by atoms with Gasteiger partial charge in [-0.3, -0.25) is 0 Å². The summed E-state index contributed by atoms with van der Waals surface area (Å²) in [6, 6.07) is 7.96. The predicted octanol–water partition coefficient (Wildman–Crippen LogP) is 1.75. The van der Waals surface area contributed by atoms with E-state index in [0.29, 0.717) is 17.3 Å². The van der Waals surface area contributed by atoms with Crippen molar-refractivity contribution in [2.24, 2.45) is 0 Å². The Morgan fingerprint density at radius 1 is 1.53 bits per heavy atom. The predicted molar refractivity (Wildman–Crippen MR) is 67.8 cm³/mol. The van der Waals surface area contributed by atoms with Crippen molar-refractivity contribution in [1.82, 2.24) is 0 Å². The molecule has 1 aromatic carbocycles. The monoisotopic (exact) mass is 231 g/mol. The first-order chi connectivity index (χ1) is 8.13. The smallest absolute Gasteiger partial charge is 0.101 e. The first-order valence-corrected chi connectivity index (χ1v) is 5.77. The van der Waals surface area contributed by atoms with Gasteiger partial charge in [-0.25, -0.2) is 0 Å². The van der Waals surface area contributed by atoms with Crippen LogP contribution in [0.1, 0.15) is 18.9 Å². The summed E-state index contributed by atoms with van der Waals surface area (Å²) in [6.45, 7) is 2.85. The van der Waals surface area contributed by atoms with E-state index in [1.54, 1.807) is 6.07 Å². The number of ether oxygens (including phenoxy) is 1. The molecule has 1 aliphatic heterocycles. The van der Waals surface area contributed by atoms with Crippen LogP contribution in [-0.4, -0.2) is 25.8 Å². The lowest BCUT2D eigenvalue weighted by Crippen LogP contribution is -2.37. The van der Waals surface area contributed by atoms with E-state index in [2.05, 4.69) is 17.9 Å². The fourth-order valence-electron chi connectivity index (χ4n) is 2.36. The molecular formula is C13H17N3O. The SMILES string of the molecule is CC1OCCC1N(C)c1ccc(N)cc1C#N. The summed E-state index contributed by atoms with van der Waals surface area (Å²) in [5.41, 5.74) is 7.85. The average Bonchev–Trinajstić information content (AvgIpc) is 2.74. The van der Waals surface area contributed by atoms with E-state index in [0.717, 1.165) is 18.7 Å². The molecule has 2 atom stereocenters. The highest BCUT2D eigenvalue weighted by atomic mass is 16.5. The Kier molecular flexibility index (Phi) is 3.21. The number of likely N-dealkylation sites (N-methyl/N-ethyl adjacent to an activating group) is 1. The number of benzene rings is 1. The molecule has 0 bridgehead atoms. The zero-order valence-corrected chi connectivity index (χ0v) is 10.2. The molecule has 0 aromatic heterocycles. The van der Waals surface area contributed by atoms with E-state index < -0.39 is 0 Å². The second kappa shape index (κ2) is 4.64. The van der Waals surface area contributed by atoms with Crippen LogP contribution in [0.15, 0.2) is 18.2 Å². The maximum Gasteiger partial charge on any atom is 0.101 e. The average molecular weight is 231 g/mol. The lowest BCUT2D eigenvalue weighted by Gasteiger charge is -2.29. The van der Waals surface area contributed by atoms with E-state index in [1.807, 2.05) is 19.2 Å². The van der Waals surface area contributed by atoms with E-state index in [9.17, 15) is 0 Å². The van der Waals surface area contributed by atoms with Crippen LogP contribution in [0.4, 0.5) is 11.4 Å². The third kappa shape index (κ3) is 2.20. The number of nitrogens with two attached hydrogens (primary N) is 1. The maximum atomic E-state index is 9.14. The second-order valence-corrected chi connectivity index (χ2v) is 4.43. The Bertz CT molecular complexity index is 452. The van der Waals surface area contributed by atoms with Gasteiger partial charge in [0.1, 0.15) is 6.07 Å². The third-order valence-electron chi connectivity index (χ3n) is 3.35. The van der Waals surface area contributed by atoms with Gasteiger partial charge < -0.3 is 15.4 Å². The molecule has 2 rings (SSSR count). The number of hydrogen-bond acceptors (Lipinski definition) is 4. The van der Waals surface area contributed by atoms with Crippen LogP contribution in [0.3, 0.4) is 0 Å². The third-order valence-corrected chi connectivity index (χ3v) is 3.35. The summed E-state index contributed by atoms with van der Waals surface area (Å²) < 4.78 is 5.56. The first-order valence-electron chi connectivity index (χ1n) is 5.77. The Balaban J connectivity index is 2.30. The van der Waals surface area contributed by atoms with Crippen molar-refractivity contribution in [3.8, 4) is 6.07 Å². The Labute approximate surface area is 102 Å². The molecule has 2 unspecified atom stereocenters. The van der Waals surface area contributed by atoms with Crippen molar-refractivity contribution in [1.29, 1.82) is 5.26 Å². The van der Waals surface area contributed by atoms with E-state index >= 15 is 0 Å². The van der Waals surface area contributed by atoms with Crippen molar-refractivity contribution in [3.05, 3.63) is 23.8 Å². The second-order valence-electron chi connectivity index (χ2n) is 4.43. The Hall–Kier alpha value is -1.73. The molecule has 0 amide bonds. The fourth-order valence-corrected chi connectivity index (χ4v) is 2.36. The van der Waals surface area contributed by atoms with Gasteiger partial charge in [0.2, 0.25) is 0 Å². The summed E-state index contributed by atoms with van der Waals surface area (Å²) in [4.78, 5) is 2.12. The highest BCUT2D eigenvalue weighted by Gasteiger charge is 2.28. The summed E-state index contributed by atoms with van der Waals surface area (Å²) in [5, 5.41) is 9.14. The number of nitrogens with zero attached hydrogens (tertiary/aromatic N) is 2. The minimum Gasteiger partial charge on any atom is -0.399 e. The number of nitriles is 1. The van der Waals surface area contributed by atoms with Crippen LogP contribution in [0.25, 0.3) is 0 Å². The molecule has 0 saturated carbocycles. The normalized spacial score (nSPS) is 23.4. The molecule has 1 aliphatic rings. The number of hydrogen-bond donors (Lipinski definition) is 1. The van der Waals surface area contributed by atoms with Gasteiger partial charge in [-0.05, 0) is 31.5 Å². The highest BCUT2D eigenvalue weighted by molar-refractivity contribution is 5.64. The Morgan fingerprint density at radius 2 is 2.29 bits per heavy atom. The van der Waals surface area contributed by atoms with Gasteiger partial charge in [-0.1, -0.05) is 0 Å². The summed E-state index contributed by atoms with van der Waals surface area (Å²) in [7, 11) is 2.00. The molecule has 0 spiro atoms. The topological polar surface area (TPSA) is 62.3 Å². The van der Waals surface area contributed by atoms with Crippen LogP contribution in [-0.2, 0) is 4.74 Å². The van der Waals surface area contributed by atoms with Gasteiger partial charge in [-0.15, -0.1) is 0 Å². The maximum absolute atomic E-state index is 9.14. The standard InChI is InChI=1S/C13H17N3O/c1-9-12(5-6-17-9)16(2)13-4-3-11(15)7-10(13)8-14/h3-4,7,9,12H,5-6,15H2,1-2H3. The number of nitrogen functional groups attached to an aromatic ring is 1. The van der Waals surface area contributed by atoms with Crippen molar-refractivity contribution in [2.75, 3.05) is 24.3 Å². The molecule has 1 aromatic rings. The van der Waals surface area contributed by atoms with Gasteiger partial charge >= 0.3 is 0 Å². The molecule has 4 nitrogen and oxygen atoms in total. The zero-order valence-electron chi connectivity index (χ0n) is 10.2. The fraction of sp³-hybridized carbons (Fsp3) is 0.462. The first kappa shape index (κ1) is 11.7. The minimum atomic E-state index is 0.198. The largest absolute Gasteiger partial charge is 0.399 e. The summed E-state index contributed by atoms with van der Waals surface area (Å²) in [6.07, 6.45) is 1.19. The molecule has 1 fully saturated rings. The number of anilines is 2. The van der Waals surface area contributed by atoms with Gasteiger partial charge in [0.15, 0.2) is 0 Å². The van der Waals surface area contributed by atoms with Crippen molar-refractivity contribution in [2.45, 2.75) is 25.5 Å². The molecule has 0 radical (unpaired) electrons. The van der Waals surface area contributed by atoms with Gasteiger partial charge in [0.05, 0.1) is 23.4 Å². The van der Waals surface area contributed by atoms with Gasteiger partial charge in [0.25, 0.3) is 0 Å². The zero-order chi connectivity index (χ0) is 12.4. The molecule has 17 heavy (non-hydrogen) atoms. The van der Waals surface area contributed by atoms with Crippen molar-refractivity contribution < 1.29 is 4.74 Å². The van der Waals surface area contributed by atoms with Crippen LogP contribution >= 0.6 is 0 Å². The lowest BCUT2D eigenvalue weighted by atomic mass is 10.1. The van der Waals surface area contributed by atoms with Gasteiger partial charge in [0, 0.05) is 19.3 Å². The van der Waals surface area contributed by atoms with Gasteiger partial charge in [-0.2, -0.15) is 5.26 Å². The number of rotatable bonds is 2. The lowest BCUT2D eigenvalue weighted by molar-refractivity contribution is 0.118. The molecule has 2 N–H and O–H groups in total. The molecule has 4 heteroatoms. The van der Waals surface area contributed by atoms with E-state index in [4.69, 9.17) is 15.7 Å². The highest BCUT2D eigenvalue weighted by Crippen LogP contribution is 2.28. The van der Waals surface area contributed by atoms with Crippen LogP contribution in [0.5, 0.6) is 0 Å². The molecule has 90 valence electrons. The van der Waals surface area contributed by atoms with Crippen molar-refractivity contribution >= 4 is 11.4 Å². The van der Waals surface area contributed by atoms with Crippen molar-refractivity contribution in [3.63, 3.8) is 0 Å². The molecule has 1 heterocycles. The summed E-state index contributed by atoms with van der Waals surface area (Å²) in [5.74, 6) is 0. The molecular weight excluding hydrogens is 214 g/mol. The molecule has 1 saturated heterocycles. The van der Waals surface area contributed by atoms with Crippen LogP contribution < -0.4 is 10.6 Å².